The number of carbonyl (C=O) groups excluding carboxylic acids is 1. The second-order valence-electron chi connectivity index (χ2n) is 9.17. The van der Waals surface area contributed by atoms with E-state index in [1.165, 1.54) is 17.7 Å². The number of nitrogens with one attached hydrogen (secondary N) is 2. The molecule has 1 amide bonds. The van der Waals surface area contributed by atoms with E-state index in [0.717, 1.165) is 0 Å². The van der Waals surface area contributed by atoms with Gasteiger partial charge in [0.25, 0.3) is 5.91 Å². The Hall–Kier alpha value is -1.90. The molecule has 0 bridgehead atoms. The summed E-state index contributed by atoms with van der Waals surface area (Å²) in [4.78, 5) is 12.4. The predicted molar refractivity (Wildman–Crippen MR) is 114 cm³/mol. The monoisotopic (exact) mass is 436 g/mol. The molecule has 7 nitrogen and oxygen atoms in total. The molecule has 3 rings (SSSR count). The molecule has 2 aliphatic rings. The molecular weight excluding hydrogens is 404 g/mol. The van der Waals surface area contributed by atoms with Crippen LogP contribution in [0.3, 0.4) is 0 Å². The van der Waals surface area contributed by atoms with Crippen LogP contribution in [0.15, 0.2) is 40.8 Å². The van der Waals surface area contributed by atoms with Crippen LogP contribution in [0.5, 0.6) is 5.75 Å². The van der Waals surface area contributed by atoms with Crippen molar-refractivity contribution < 1.29 is 23.2 Å². The number of hydrogen-bond acceptors (Lipinski definition) is 6. The van der Waals surface area contributed by atoms with Crippen molar-refractivity contribution in [1.29, 1.82) is 0 Å². The van der Waals surface area contributed by atoms with E-state index in [0.29, 0.717) is 37.3 Å². The standard InChI is InChI=1S/C22H32N2O5S/c1-15(2)13-18-19(21(18,3)4)14-29-16-5-7-17(8-6-16)30(27,28)22(20(25)24-26)9-11-23-12-10-22/h5-8,13,18-19,23,26H,9-12,14H2,1-4H3,(H,24,25). The Balaban J connectivity index is 1.73. The molecule has 0 radical (unpaired) electrons. The molecule has 1 aliphatic carbocycles. The topological polar surface area (TPSA) is 105 Å². The molecule has 1 saturated heterocycles. The lowest BCUT2D eigenvalue weighted by Crippen LogP contribution is -2.57. The highest BCUT2D eigenvalue weighted by Crippen LogP contribution is 2.59. The van der Waals surface area contributed by atoms with Gasteiger partial charge in [0.05, 0.1) is 11.5 Å². The number of piperidine rings is 1. The van der Waals surface area contributed by atoms with Gasteiger partial charge in [-0.1, -0.05) is 25.5 Å². The van der Waals surface area contributed by atoms with Crippen molar-refractivity contribution in [3.05, 3.63) is 35.9 Å². The van der Waals surface area contributed by atoms with Gasteiger partial charge in [0.15, 0.2) is 14.6 Å². The zero-order valence-corrected chi connectivity index (χ0v) is 18.9. The lowest BCUT2D eigenvalue weighted by Gasteiger charge is -2.34. The SMILES string of the molecule is CC(C)=CC1C(COc2ccc(S(=O)(=O)C3(C(=O)NO)CCNCC3)cc2)C1(C)C. The lowest BCUT2D eigenvalue weighted by atomic mass is 9.96. The summed E-state index contributed by atoms with van der Waals surface area (Å²) in [5, 5.41) is 12.2. The molecule has 2 fully saturated rings. The van der Waals surface area contributed by atoms with E-state index < -0.39 is 20.5 Å². The zero-order valence-electron chi connectivity index (χ0n) is 18.1. The zero-order chi connectivity index (χ0) is 22.2. The second kappa shape index (κ2) is 8.32. The Bertz CT molecular complexity index is 911. The molecule has 0 spiro atoms. The van der Waals surface area contributed by atoms with E-state index in [9.17, 15) is 13.2 Å². The molecule has 30 heavy (non-hydrogen) atoms. The van der Waals surface area contributed by atoms with E-state index in [-0.39, 0.29) is 23.2 Å². The van der Waals surface area contributed by atoms with Crippen molar-refractivity contribution in [3.8, 4) is 5.75 Å². The largest absolute Gasteiger partial charge is 0.493 e. The van der Waals surface area contributed by atoms with Crippen LogP contribution in [0.1, 0.15) is 40.5 Å². The van der Waals surface area contributed by atoms with E-state index in [4.69, 9.17) is 9.94 Å². The summed E-state index contributed by atoms with van der Waals surface area (Å²) < 4.78 is 30.8. The maximum atomic E-state index is 13.3. The first-order valence-electron chi connectivity index (χ1n) is 10.3. The number of carbonyl (C=O) groups is 1. The van der Waals surface area contributed by atoms with Gasteiger partial charge in [-0.2, -0.15) is 0 Å². The predicted octanol–water partition coefficient (Wildman–Crippen LogP) is 2.71. The number of hydroxylamine groups is 1. The van der Waals surface area contributed by atoms with Gasteiger partial charge in [-0.3, -0.25) is 10.0 Å². The minimum absolute atomic E-state index is 0.0505. The van der Waals surface area contributed by atoms with E-state index in [1.54, 1.807) is 17.6 Å². The molecule has 2 atom stereocenters. The third-order valence-corrected chi connectivity index (χ3v) is 9.17. The summed E-state index contributed by atoms with van der Waals surface area (Å²) in [5.41, 5.74) is 3.04. The van der Waals surface area contributed by atoms with Gasteiger partial charge in [0, 0.05) is 5.92 Å². The van der Waals surface area contributed by atoms with Crippen molar-refractivity contribution >= 4 is 15.7 Å². The Kier molecular flexibility index (Phi) is 6.32. The maximum absolute atomic E-state index is 13.3. The number of sulfone groups is 1. The second-order valence-corrected chi connectivity index (χ2v) is 11.4. The lowest BCUT2D eigenvalue weighted by molar-refractivity contribution is -0.132. The Morgan fingerprint density at radius 1 is 1.23 bits per heavy atom. The highest BCUT2D eigenvalue weighted by molar-refractivity contribution is 7.93. The summed E-state index contributed by atoms with van der Waals surface area (Å²) in [6.07, 6.45) is 2.49. The number of ether oxygens (including phenoxy) is 1. The Morgan fingerprint density at radius 2 is 1.83 bits per heavy atom. The quantitative estimate of drug-likeness (QED) is 0.345. The van der Waals surface area contributed by atoms with Gasteiger partial charge in [0.2, 0.25) is 0 Å². The average Bonchev–Trinajstić information content (AvgIpc) is 3.23. The number of allylic oxidation sites excluding steroid dienone is 2. The fraction of sp³-hybridized carbons (Fsp3) is 0.591. The van der Waals surface area contributed by atoms with Crippen LogP contribution in [0.2, 0.25) is 0 Å². The van der Waals surface area contributed by atoms with Crippen LogP contribution in [0, 0.1) is 17.3 Å². The average molecular weight is 437 g/mol. The van der Waals surface area contributed by atoms with Crippen LogP contribution in [0.4, 0.5) is 0 Å². The smallest absolute Gasteiger partial charge is 0.265 e. The molecule has 1 saturated carbocycles. The molecule has 1 heterocycles. The van der Waals surface area contributed by atoms with Gasteiger partial charge >= 0.3 is 0 Å². The molecule has 2 unspecified atom stereocenters. The summed E-state index contributed by atoms with van der Waals surface area (Å²) in [6.45, 7) is 9.98. The van der Waals surface area contributed by atoms with Gasteiger partial charge in [0.1, 0.15) is 5.75 Å². The van der Waals surface area contributed by atoms with Crippen molar-refractivity contribution in [2.75, 3.05) is 19.7 Å². The van der Waals surface area contributed by atoms with Crippen LogP contribution in [-0.2, 0) is 14.6 Å². The highest BCUT2D eigenvalue weighted by Gasteiger charge is 2.56. The summed E-state index contributed by atoms with van der Waals surface area (Å²) in [5.74, 6) is 0.616. The third-order valence-electron chi connectivity index (χ3n) is 6.66. The fourth-order valence-corrected chi connectivity index (χ4v) is 6.45. The molecule has 1 aromatic carbocycles. The molecule has 0 aromatic heterocycles. The van der Waals surface area contributed by atoms with Gasteiger partial charge in [-0.05, 0) is 75.4 Å². The fourth-order valence-electron chi connectivity index (χ4n) is 4.47. The molecule has 1 aromatic rings. The van der Waals surface area contributed by atoms with E-state index >= 15 is 0 Å². The molecule has 166 valence electrons. The van der Waals surface area contributed by atoms with Gasteiger partial charge in [-0.25, -0.2) is 13.9 Å². The highest BCUT2D eigenvalue weighted by atomic mass is 32.2. The first-order chi connectivity index (χ1) is 14.1. The summed E-state index contributed by atoms with van der Waals surface area (Å²) in [6, 6.07) is 6.21. The molecule has 1 aliphatic heterocycles. The number of benzene rings is 1. The van der Waals surface area contributed by atoms with Crippen molar-refractivity contribution in [3.63, 3.8) is 0 Å². The first-order valence-corrected chi connectivity index (χ1v) is 11.8. The number of amides is 1. The van der Waals surface area contributed by atoms with Crippen LogP contribution in [0.25, 0.3) is 0 Å². The van der Waals surface area contributed by atoms with Gasteiger partial charge in [-0.15, -0.1) is 0 Å². The Labute approximate surface area is 178 Å². The number of rotatable bonds is 7. The van der Waals surface area contributed by atoms with Crippen molar-refractivity contribution in [1.82, 2.24) is 10.8 Å². The van der Waals surface area contributed by atoms with Crippen molar-refractivity contribution in [2.45, 2.75) is 50.2 Å². The summed E-state index contributed by atoms with van der Waals surface area (Å²) in [7, 11) is -3.99. The molecule has 3 N–H and O–H groups in total. The maximum Gasteiger partial charge on any atom is 0.265 e. The van der Waals surface area contributed by atoms with Crippen molar-refractivity contribution in [2.24, 2.45) is 17.3 Å². The molecule has 8 heteroatoms. The minimum Gasteiger partial charge on any atom is -0.493 e. The van der Waals surface area contributed by atoms with Crippen LogP contribution >= 0.6 is 0 Å². The van der Waals surface area contributed by atoms with Gasteiger partial charge < -0.3 is 10.1 Å². The van der Waals surface area contributed by atoms with Crippen LogP contribution < -0.4 is 15.5 Å². The normalized spacial score (nSPS) is 24.6. The minimum atomic E-state index is -3.99. The van der Waals surface area contributed by atoms with E-state index in [2.05, 4.69) is 39.1 Å². The Morgan fingerprint density at radius 3 is 2.37 bits per heavy atom. The first kappa shape index (κ1) is 22.8. The van der Waals surface area contributed by atoms with Crippen LogP contribution in [-0.4, -0.2) is 44.0 Å². The number of hydrogen-bond donors (Lipinski definition) is 3. The summed E-state index contributed by atoms with van der Waals surface area (Å²) >= 11 is 0. The van der Waals surface area contributed by atoms with E-state index in [1.807, 2.05) is 0 Å². The molecular formula is C22H32N2O5S. The third kappa shape index (κ3) is 4.00.